The van der Waals surface area contributed by atoms with Gasteiger partial charge in [-0.15, -0.1) is 0 Å². The predicted molar refractivity (Wildman–Crippen MR) is 162 cm³/mol. The van der Waals surface area contributed by atoms with E-state index in [1.54, 1.807) is 30.3 Å². The Hall–Kier alpha value is -3.36. The molecule has 214 valence electrons. The molecule has 0 saturated heterocycles. The maximum atomic E-state index is 14.1. The van der Waals surface area contributed by atoms with E-state index in [1.165, 1.54) is 4.90 Å². The molecule has 0 fully saturated rings. The third-order valence-corrected chi connectivity index (χ3v) is 7.89. The summed E-state index contributed by atoms with van der Waals surface area (Å²) in [7, 11) is -3.81. The van der Waals surface area contributed by atoms with E-state index in [-0.39, 0.29) is 24.8 Å². The van der Waals surface area contributed by atoms with Crippen molar-refractivity contribution in [2.45, 2.75) is 46.2 Å². The number of anilines is 1. The van der Waals surface area contributed by atoms with Crippen LogP contribution < -0.4 is 9.62 Å². The fourth-order valence-corrected chi connectivity index (χ4v) is 5.38. The highest BCUT2D eigenvalue weighted by atomic mass is 35.5. The Morgan fingerprint density at radius 2 is 1.55 bits per heavy atom. The summed E-state index contributed by atoms with van der Waals surface area (Å²) in [5.41, 5.74) is 3.05. The van der Waals surface area contributed by atoms with E-state index in [4.69, 9.17) is 11.6 Å². The molecule has 0 saturated carbocycles. The van der Waals surface area contributed by atoms with E-state index in [2.05, 4.69) is 5.32 Å². The lowest BCUT2D eigenvalue weighted by Gasteiger charge is -2.33. The number of rotatable bonds is 13. The summed E-state index contributed by atoms with van der Waals surface area (Å²) < 4.78 is 26.8. The van der Waals surface area contributed by atoms with Crippen molar-refractivity contribution in [3.8, 4) is 0 Å². The van der Waals surface area contributed by atoms with E-state index in [1.807, 2.05) is 69.3 Å². The summed E-state index contributed by atoms with van der Waals surface area (Å²) in [6.07, 6.45) is 2.14. The Labute approximate surface area is 243 Å². The zero-order valence-corrected chi connectivity index (χ0v) is 25.1. The summed E-state index contributed by atoms with van der Waals surface area (Å²) in [6, 6.07) is 22.8. The van der Waals surface area contributed by atoms with Crippen LogP contribution in [0.3, 0.4) is 0 Å². The lowest BCUT2D eigenvalue weighted by atomic mass is 10.0. The molecule has 0 radical (unpaired) electrons. The maximum absolute atomic E-state index is 14.1. The highest BCUT2D eigenvalue weighted by molar-refractivity contribution is 7.92. The van der Waals surface area contributed by atoms with Crippen LogP contribution in [0.4, 0.5) is 5.69 Å². The molecule has 1 atom stereocenters. The standard InChI is InChI=1S/C31H38ClN3O4S/c1-5-24-14-16-28(17-15-24)35(40(4,38)39)22-30(36)34(21-26-12-9-13-27(32)18-26)29(31(37)33-20-23(2)3)19-25-10-7-6-8-11-25/h6-18,23,29H,5,19-22H2,1-4H3,(H,33,37)/t29-/m0/s1. The minimum atomic E-state index is -3.81. The molecule has 0 spiro atoms. The fraction of sp³-hybridized carbons (Fsp3) is 0.355. The number of benzene rings is 3. The molecule has 0 aromatic heterocycles. The molecular weight excluding hydrogens is 546 g/mol. The second kappa shape index (κ2) is 14.3. The van der Waals surface area contributed by atoms with Gasteiger partial charge in [0.05, 0.1) is 11.9 Å². The van der Waals surface area contributed by atoms with Crippen molar-refractivity contribution in [2.24, 2.45) is 5.92 Å². The minimum absolute atomic E-state index is 0.0817. The number of carbonyl (C=O) groups excluding carboxylic acids is 2. The lowest BCUT2D eigenvalue weighted by molar-refractivity contribution is -0.140. The molecule has 9 heteroatoms. The first-order valence-electron chi connectivity index (χ1n) is 13.4. The van der Waals surface area contributed by atoms with Crippen molar-refractivity contribution >= 4 is 39.1 Å². The molecule has 3 aromatic carbocycles. The van der Waals surface area contributed by atoms with Crippen molar-refractivity contribution in [2.75, 3.05) is 23.7 Å². The van der Waals surface area contributed by atoms with Gasteiger partial charge in [0, 0.05) is 24.5 Å². The van der Waals surface area contributed by atoms with E-state index in [0.29, 0.717) is 17.3 Å². The number of hydrogen-bond acceptors (Lipinski definition) is 4. The summed E-state index contributed by atoms with van der Waals surface area (Å²) in [5.74, 6) is -0.582. The van der Waals surface area contributed by atoms with Gasteiger partial charge in [0.1, 0.15) is 12.6 Å². The number of nitrogens with one attached hydrogen (secondary N) is 1. The maximum Gasteiger partial charge on any atom is 0.244 e. The molecule has 0 unspecified atom stereocenters. The topological polar surface area (TPSA) is 86.8 Å². The zero-order valence-electron chi connectivity index (χ0n) is 23.5. The van der Waals surface area contributed by atoms with Crippen LogP contribution in [0.5, 0.6) is 0 Å². The van der Waals surface area contributed by atoms with Crippen LogP contribution in [0, 0.1) is 5.92 Å². The Morgan fingerprint density at radius 3 is 2.12 bits per heavy atom. The Balaban J connectivity index is 2.03. The highest BCUT2D eigenvalue weighted by Crippen LogP contribution is 2.22. The molecule has 7 nitrogen and oxygen atoms in total. The average Bonchev–Trinajstić information content (AvgIpc) is 2.92. The van der Waals surface area contributed by atoms with E-state index < -0.39 is 28.5 Å². The average molecular weight is 584 g/mol. The predicted octanol–water partition coefficient (Wildman–Crippen LogP) is 5.08. The van der Waals surface area contributed by atoms with Gasteiger partial charge < -0.3 is 10.2 Å². The van der Waals surface area contributed by atoms with Crippen LogP contribution in [-0.4, -0.2) is 50.5 Å². The highest BCUT2D eigenvalue weighted by Gasteiger charge is 2.33. The first-order chi connectivity index (χ1) is 19.0. The van der Waals surface area contributed by atoms with Crippen LogP contribution >= 0.6 is 11.6 Å². The summed E-state index contributed by atoms with van der Waals surface area (Å²) >= 11 is 6.24. The van der Waals surface area contributed by atoms with Crippen LogP contribution in [0.15, 0.2) is 78.9 Å². The fourth-order valence-electron chi connectivity index (χ4n) is 4.32. The smallest absolute Gasteiger partial charge is 0.244 e. The van der Waals surface area contributed by atoms with Gasteiger partial charge in [-0.25, -0.2) is 8.42 Å². The van der Waals surface area contributed by atoms with Gasteiger partial charge in [-0.3, -0.25) is 13.9 Å². The van der Waals surface area contributed by atoms with Crippen molar-refractivity contribution in [3.63, 3.8) is 0 Å². The van der Waals surface area contributed by atoms with E-state index >= 15 is 0 Å². The van der Waals surface area contributed by atoms with Crippen molar-refractivity contribution in [1.29, 1.82) is 0 Å². The third kappa shape index (κ3) is 9.10. The van der Waals surface area contributed by atoms with Gasteiger partial charge >= 0.3 is 0 Å². The molecule has 3 aromatic rings. The number of hydrogen-bond donors (Lipinski definition) is 1. The van der Waals surface area contributed by atoms with Crippen molar-refractivity contribution in [1.82, 2.24) is 10.2 Å². The molecule has 40 heavy (non-hydrogen) atoms. The molecular formula is C31H38ClN3O4S. The van der Waals surface area contributed by atoms with Crippen LogP contribution in [0.25, 0.3) is 0 Å². The molecule has 1 N–H and O–H groups in total. The Kier molecular flexibility index (Phi) is 11.2. The van der Waals surface area contributed by atoms with Gasteiger partial charge in [-0.1, -0.05) is 87.0 Å². The molecule has 0 aliphatic heterocycles. The Bertz CT molecular complexity index is 1380. The number of carbonyl (C=O) groups is 2. The van der Waals surface area contributed by atoms with Crippen molar-refractivity contribution < 1.29 is 18.0 Å². The number of aryl methyl sites for hydroxylation is 1. The zero-order chi connectivity index (χ0) is 29.3. The third-order valence-electron chi connectivity index (χ3n) is 6.51. The van der Waals surface area contributed by atoms with Gasteiger partial charge in [-0.05, 0) is 53.3 Å². The van der Waals surface area contributed by atoms with Crippen LogP contribution in [0.2, 0.25) is 5.02 Å². The van der Waals surface area contributed by atoms with Crippen LogP contribution in [-0.2, 0) is 39.0 Å². The van der Waals surface area contributed by atoms with E-state index in [9.17, 15) is 18.0 Å². The molecule has 0 bridgehead atoms. The molecule has 3 rings (SSSR count). The second-order valence-electron chi connectivity index (χ2n) is 10.3. The first-order valence-corrected chi connectivity index (χ1v) is 15.6. The second-order valence-corrected chi connectivity index (χ2v) is 12.6. The summed E-state index contributed by atoms with van der Waals surface area (Å²) in [6.45, 7) is 6.08. The van der Waals surface area contributed by atoms with Gasteiger partial charge in [-0.2, -0.15) is 0 Å². The van der Waals surface area contributed by atoms with Crippen molar-refractivity contribution in [3.05, 3.63) is 101 Å². The monoisotopic (exact) mass is 583 g/mol. The number of amides is 2. The van der Waals surface area contributed by atoms with Gasteiger partial charge in [0.15, 0.2) is 0 Å². The number of nitrogens with zero attached hydrogens (tertiary/aromatic N) is 2. The van der Waals surface area contributed by atoms with E-state index in [0.717, 1.165) is 33.7 Å². The van der Waals surface area contributed by atoms with Crippen LogP contribution in [0.1, 0.15) is 37.5 Å². The Morgan fingerprint density at radius 1 is 0.900 bits per heavy atom. The molecule has 2 amide bonds. The molecule has 0 heterocycles. The SMILES string of the molecule is CCc1ccc(N(CC(=O)N(Cc2cccc(Cl)c2)[C@@H](Cc2ccccc2)C(=O)NCC(C)C)S(C)(=O)=O)cc1. The largest absolute Gasteiger partial charge is 0.354 e. The van der Waals surface area contributed by atoms with Gasteiger partial charge in [0.25, 0.3) is 0 Å². The minimum Gasteiger partial charge on any atom is -0.354 e. The lowest BCUT2D eigenvalue weighted by Crippen LogP contribution is -2.53. The summed E-state index contributed by atoms with van der Waals surface area (Å²) in [5, 5.41) is 3.47. The normalized spacial score (nSPS) is 12.2. The molecule has 0 aliphatic carbocycles. The quantitative estimate of drug-likeness (QED) is 0.304. The number of halogens is 1. The molecule has 0 aliphatic rings. The summed E-state index contributed by atoms with van der Waals surface area (Å²) in [4.78, 5) is 29.1. The number of sulfonamides is 1. The first kappa shape index (κ1) is 31.2. The van der Waals surface area contributed by atoms with Gasteiger partial charge in [0.2, 0.25) is 21.8 Å².